The second-order valence-electron chi connectivity index (χ2n) is 8.14. The third kappa shape index (κ3) is 5.03. The Morgan fingerprint density at radius 1 is 0.941 bits per heavy atom. The highest BCUT2D eigenvalue weighted by molar-refractivity contribution is 7.92. The predicted octanol–water partition coefficient (Wildman–Crippen LogP) is 3.28. The highest BCUT2D eigenvalue weighted by Gasteiger charge is 2.24. The molecule has 0 aliphatic carbocycles. The van der Waals surface area contributed by atoms with Gasteiger partial charge in [-0.3, -0.25) is 14.4 Å². The molecule has 1 fully saturated rings. The third-order valence-corrected chi connectivity index (χ3v) is 8.04. The number of rotatable bonds is 6. The van der Waals surface area contributed by atoms with Crippen molar-refractivity contribution in [2.75, 3.05) is 44.1 Å². The maximum absolute atomic E-state index is 13.1. The first-order valence-electron chi connectivity index (χ1n) is 11.0. The van der Waals surface area contributed by atoms with Crippen LogP contribution >= 0.6 is 11.3 Å². The molecule has 5 rings (SSSR count). The van der Waals surface area contributed by atoms with E-state index < -0.39 is 10.0 Å². The molecule has 0 saturated carbocycles. The quantitative estimate of drug-likeness (QED) is 0.560. The molecule has 34 heavy (non-hydrogen) atoms. The van der Waals surface area contributed by atoms with Crippen molar-refractivity contribution < 1.29 is 22.7 Å². The Balaban J connectivity index is 1.24. The molecule has 3 heterocycles. The zero-order valence-corrected chi connectivity index (χ0v) is 20.1. The topological polar surface area (TPSA) is 88.2 Å². The number of ether oxygens (including phenoxy) is 2. The fourth-order valence-corrected chi connectivity index (χ4v) is 5.85. The van der Waals surface area contributed by atoms with E-state index in [0.29, 0.717) is 49.1 Å². The summed E-state index contributed by atoms with van der Waals surface area (Å²) in [6, 6.07) is 15.3. The van der Waals surface area contributed by atoms with Crippen LogP contribution in [0.4, 0.5) is 5.69 Å². The first-order chi connectivity index (χ1) is 16.5. The number of nitrogens with zero attached hydrogens (tertiary/aromatic N) is 2. The number of nitrogens with one attached hydrogen (secondary N) is 1. The summed E-state index contributed by atoms with van der Waals surface area (Å²) >= 11 is 1.74. The van der Waals surface area contributed by atoms with Gasteiger partial charge in [-0.2, -0.15) is 0 Å². The van der Waals surface area contributed by atoms with Crippen LogP contribution < -0.4 is 14.2 Å². The minimum absolute atomic E-state index is 0.0651. The van der Waals surface area contributed by atoms with Gasteiger partial charge in [0.1, 0.15) is 13.2 Å². The number of fused-ring (bicyclic) bond motifs is 1. The van der Waals surface area contributed by atoms with E-state index >= 15 is 0 Å². The van der Waals surface area contributed by atoms with E-state index in [1.807, 2.05) is 4.90 Å². The zero-order valence-electron chi connectivity index (χ0n) is 18.5. The normalized spacial score (nSPS) is 16.3. The first-order valence-corrected chi connectivity index (χ1v) is 13.4. The monoisotopic (exact) mass is 499 g/mol. The third-order valence-electron chi connectivity index (χ3n) is 5.80. The Kier molecular flexibility index (Phi) is 6.44. The van der Waals surface area contributed by atoms with E-state index in [-0.39, 0.29) is 10.8 Å². The molecule has 1 aromatic heterocycles. The van der Waals surface area contributed by atoms with Gasteiger partial charge in [0.25, 0.3) is 15.9 Å². The summed E-state index contributed by atoms with van der Waals surface area (Å²) in [6.45, 7) is 4.59. The van der Waals surface area contributed by atoms with Gasteiger partial charge in [-0.1, -0.05) is 12.1 Å². The Bertz CT molecular complexity index is 1270. The summed E-state index contributed by atoms with van der Waals surface area (Å²) in [6.07, 6.45) is 0. The van der Waals surface area contributed by atoms with Gasteiger partial charge in [-0.15, -0.1) is 11.3 Å². The highest BCUT2D eigenvalue weighted by atomic mass is 32.2. The Labute approximate surface area is 202 Å². The smallest absolute Gasteiger partial charge is 0.262 e. The second kappa shape index (κ2) is 9.65. The van der Waals surface area contributed by atoms with Crippen LogP contribution in [0.5, 0.6) is 11.5 Å². The van der Waals surface area contributed by atoms with Crippen molar-refractivity contribution in [3.63, 3.8) is 0 Å². The molecule has 0 unspecified atom stereocenters. The second-order valence-corrected chi connectivity index (χ2v) is 10.9. The van der Waals surface area contributed by atoms with Crippen molar-refractivity contribution in [3.8, 4) is 11.5 Å². The lowest BCUT2D eigenvalue weighted by Gasteiger charge is -2.34. The lowest BCUT2D eigenvalue weighted by atomic mass is 10.1. The van der Waals surface area contributed by atoms with Gasteiger partial charge in [0.05, 0.1) is 4.90 Å². The number of piperazine rings is 1. The van der Waals surface area contributed by atoms with Crippen molar-refractivity contribution in [3.05, 3.63) is 70.4 Å². The standard InChI is InChI=1S/C24H25N3O5S2/c28-24(27-10-8-26(9-11-27)17-20-5-2-14-33-20)18-3-1-4-19(15-18)25-34(29,30)21-6-7-22-23(16-21)32-13-12-31-22/h1-7,14-16,25H,8-13,17H2. The summed E-state index contributed by atoms with van der Waals surface area (Å²) in [4.78, 5) is 18.6. The van der Waals surface area contributed by atoms with E-state index in [9.17, 15) is 13.2 Å². The number of thiophene rings is 1. The molecule has 2 aliphatic heterocycles. The molecule has 178 valence electrons. The number of amides is 1. The molecule has 2 aliphatic rings. The molecular formula is C24H25N3O5S2. The van der Waals surface area contributed by atoms with E-state index in [4.69, 9.17) is 9.47 Å². The number of benzene rings is 2. The van der Waals surface area contributed by atoms with Gasteiger partial charge in [-0.25, -0.2) is 8.42 Å². The molecule has 8 nitrogen and oxygen atoms in total. The van der Waals surface area contributed by atoms with Crippen molar-refractivity contribution >= 4 is 33.0 Å². The van der Waals surface area contributed by atoms with Crippen LogP contribution in [0.15, 0.2) is 64.9 Å². The van der Waals surface area contributed by atoms with E-state index in [2.05, 4.69) is 27.1 Å². The van der Waals surface area contributed by atoms with Crippen LogP contribution in [-0.2, 0) is 16.6 Å². The molecule has 10 heteroatoms. The lowest BCUT2D eigenvalue weighted by molar-refractivity contribution is 0.0629. The number of hydrogen-bond donors (Lipinski definition) is 1. The van der Waals surface area contributed by atoms with Crippen molar-refractivity contribution in [1.82, 2.24) is 9.80 Å². The number of hydrogen-bond acceptors (Lipinski definition) is 7. The summed E-state index contributed by atoms with van der Waals surface area (Å²) < 4.78 is 39.4. The Morgan fingerprint density at radius 3 is 2.50 bits per heavy atom. The predicted molar refractivity (Wildman–Crippen MR) is 130 cm³/mol. The molecule has 0 radical (unpaired) electrons. The fourth-order valence-electron chi connectivity index (χ4n) is 4.04. The Hall–Kier alpha value is -3.08. The summed E-state index contributed by atoms with van der Waals surface area (Å²) in [7, 11) is -3.86. The van der Waals surface area contributed by atoms with E-state index in [1.54, 1.807) is 41.7 Å². The maximum Gasteiger partial charge on any atom is 0.262 e. The van der Waals surface area contributed by atoms with Gasteiger partial charge < -0.3 is 14.4 Å². The summed E-state index contributed by atoms with van der Waals surface area (Å²) in [5.74, 6) is 0.820. The minimum atomic E-state index is -3.86. The summed E-state index contributed by atoms with van der Waals surface area (Å²) in [5, 5.41) is 2.07. The first kappa shape index (κ1) is 22.7. The molecule has 3 aromatic rings. The highest BCUT2D eigenvalue weighted by Crippen LogP contribution is 2.32. The van der Waals surface area contributed by atoms with Crippen LogP contribution in [0.25, 0.3) is 0 Å². The van der Waals surface area contributed by atoms with E-state index in [1.165, 1.54) is 17.0 Å². The van der Waals surface area contributed by atoms with Crippen LogP contribution in [0.2, 0.25) is 0 Å². The maximum atomic E-state index is 13.1. The van der Waals surface area contributed by atoms with Gasteiger partial charge in [0, 0.05) is 54.9 Å². The van der Waals surface area contributed by atoms with Crippen LogP contribution in [0.3, 0.4) is 0 Å². The van der Waals surface area contributed by atoms with E-state index in [0.717, 1.165) is 19.6 Å². The zero-order chi connectivity index (χ0) is 23.5. The molecule has 1 saturated heterocycles. The molecule has 0 atom stereocenters. The average molecular weight is 500 g/mol. The van der Waals surface area contributed by atoms with Crippen molar-refractivity contribution in [2.45, 2.75) is 11.4 Å². The number of carbonyl (C=O) groups excluding carboxylic acids is 1. The fraction of sp³-hybridized carbons (Fsp3) is 0.292. The number of anilines is 1. The molecule has 1 amide bonds. The Morgan fingerprint density at radius 2 is 1.74 bits per heavy atom. The van der Waals surface area contributed by atoms with Gasteiger partial charge in [0.2, 0.25) is 0 Å². The van der Waals surface area contributed by atoms with Crippen molar-refractivity contribution in [2.24, 2.45) is 0 Å². The van der Waals surface area contributed by atoms with Crippen LogP contribution in [-0.4, -0.2) is 63.5 Å². The number of carbonyl (C=O) groups is 1. The number of sulfonamides is 1. The van der Waals surface area contributed by atoms with Gasteiger partial charge in [0.15, 0.2) is 11.5 Å². The largest absolute Gasteiger partial charge is 0.486 e. The SMILES string of the molecule is O=C(c1cccc(NS(=O)(=O)c2ccc3c(c2)OCCO3)c1)N1CCN(Cc2cccs2)CC1. The molecule has 1 N–H and O–H groups in total. The van der Waals surface area contributed by atoms with Crippen molar-refractivity contribution in [1.29, 1.82) is 0 Å². The molecule has 0 bridgehead atoms. The van der Waals surface area contributed by atoms with Gasteiger partial charge in [-0.05, 0) is 41.8 Å². The molecule has 2 aromatic carbocycles. The summed E-state index contributed by atoms with van der Waals surface area (Å²) in [5.41, 5.74) is 0.783. The minimum Gasteiger partial charge on any atom is -0.486 e. The average Bonchev–Trinajstić information content (AvgIpc) is 3.37. The molecular weight excluding hydrogens is 474 g/mol. The lowest BCUT2D eigenvalue weighted by Crippen LogP contribution is -2.48. The van der Waals surface area contributed by atoms with Gasteiger partial charge >= 0.3 is 0 Å². The molecule has 0 spiro atoms. The van der Waals surface area contributed by atoms with Crippen LogP contribution in [0.1, 0.15) is 15.2 Å². The van der Waals surface area contributed by atoms with Crippen LogP contribution in [0, 0.1) is 0 Å².